The standard InChI is InChI=1S/C15H12ClN3OS/c16-15-19-10-12(21-15)9-18-13-5-1-2-6-14(13)20-11-4-3-7-17-8-11/h1-8,10,18H,9H2. The predicted octanol–water partition coefficient (Wildman–Crippen LogP) is 4.60. The van der Waals surface area contributed by atoms with E-state index in [1.807, 2.05) is 36.4 Å². The molecule has 0 aliphatic heterocycles. The molecule has 106 valence electrons. The molecule has 3 aromatic rings. The maximum atomic E-state index is 5.84. The largest absolute Gasteiger partial charge is 0.454 e. The fraction of sp³-hybridized carbons (Fsp3) is 0.0667. The topological polar surface area (TPSA) is 47.0 Å². The Kier molecular flexibility index (Phi) is 4.33. The van der Waals surface area contributed by atoms with E-state index in [1.54, 1.807) is 18.6 Å². The van der Waals surface area contributed by atoms with Crippen LogP contribution in [0.5, 0.6) is 11.5 Å². The number of halogens is 1. The highest BCUT2D eigenvalue weighted by molar-refractivity contribution is 7.15. The van der Waals surface area contributed by atoms with E-state index in [9.17, 15) is 0 Å². The zero-order chi connectivity index (χ0) is 14.5. The number of aromatic nitrogens is 2. The van der Waals surface area contributed by atoms with Crippen molar-refractivity contribution in [3.8, 4) is 11.5 Å². The van der Waals surface area contributed by atoms with Crippen molar-refractivity contribution in [1.29, 1.82) is 0 Å². The van der Waals surface area contributed by atoms with Gasteiger partial charge < -0.3 is 10.1 Å². The van der Waals surface area contributed by atoms with Crippen molar-refractivity contribution in [2.75, 3.05) is 5.32 Å². The van der Waals surface area contributed by atoms with Crippen molar-refractivity contribution >= 4 is 28.6 Å². The quantitative estimate of drug-likeness (QED) is 0.747. The van der Waals surface area contributed by atoms with Crippen LogP contribution in [0.3, 0.4) is 0 Å². The van der Waals surface area contributed by atoms with Gasteiger partial charge in [-0.05, 0) is 24.3 Å². The number of para-hydroxylation sites is 2. The van der Waals surface area contributed by atoms with E-state index >= 15 is 0 Å². The Hall–Kier alpha value is -2.11. The van der Waals surface area contributed by atoms with E-state index in [1.165, 1.54) is 11.3 Å². The molecule has 0 bridgehead atoms. The van der Waals surface area contributed by atoms with Crippen molar-refractivity contribution in [1.82, 2.24) is 9.97 Å². The van der Waals surface area contributed by atoms with Gasteiger partial charge in [0.05, 0.1) is 18.4 Å². The second-order valence-corrected chi connectivity index (χ2v) is 5.92. The highest BCUT2D eigenvalue weighted by atomic mass is 35.5. The average Bonchev–Trinajstić information content (AvgIpc) is 2.93. The molecule has 0 saturated heterocycles. The number of ether oxygens (including phenoxy) is 1. The lowest BCUT2D eigenvalue weighted by atomic mass is 10.3. The smallest absolute Gasteiger partial charge is 0.183 e. The summed E-state index contributed by atoms with van der Waals surface area (Å²) in [6, 6.07) is 11.5. The molecule has 1 aromatic carbocycles. The highest BCUT2D eigenvalue weighted by Gasteiger charge is 2.05. The van der Waals surface area contributed by atoms with Gasteiger partial charge in [-0.3, -0.25) is 4.98 Å². The molecule has 4 nitrogen and oxygen atoms in total. The van der Waals surface area contributed by atoms with Crippen LogP contribution in [0, 0.1) is 0 Å². The van der Waals surface area contributed by atoms with Crippen molar-refractivity contribution < 1.29 is 4.74 Å². The predicted molar refractivity (Wildman–Crippen MR) is 85.2 cm³/mol. The first-order valence-corrected chi connectivity index (χ1v) is 7.52. The van der Waals surface area contributed by atoms with Crippen LogP contribution < -0.4 is 10.1 Å². The van der Waals surface area contributed by atoms with E-state index in [0.29, 0.717) is 16.8 Å². The Morgan fingerprint density at radius 3 is 2.81 bits per heavy atom. The molecule has 3 rings (SSSR count). The van der Waals surface area contributed by atoms with E-state index in [0.717, 1.165) is 16.3 Å². The Balaban J connectivity index is 1.73. The lowest BCUT2D eigenvalue weighted by Gasteiger charge is -2.12. The number of nitrogens with zero attached hydrogens (tertiary/aromatic N) is 2. The average molecular weight is 318 g/mol. The molecule has 0 atom stereocenters. The van der Waals surface area contributed by atoms with Crippen LogP contribution in [0.4, 0.5) is 5.69 Å². The molecule has 0 radical (unpaired) electrons. The van der Waals surface area contributed by atoms with Crippen molar-refractivity contribution in [3.05, 3.63) is 64.3 Å². The fourth-order valence-corrected chi connectivity index (χ4v) is 2.70. The number of benzene rings is 1. The number of pyridine rings is 1. The number of hydrogen-bond donors (Lipinski definition) is 1. The number of thiazole rings is 1. The second kappa shape index (κ2) is 6.56. The minimum Gasteiger partial charge on any atom is -0.454 e. The Labute approximate surface area is 131 Å². The van der Waals surface area contributed by atoms with Crippen LogP contribution >= 0.6 is 22.9 Å². The third kappa shape index (κ3) is 3.71. The maximum Gasteiger partial charge on any atom is 0.183 e. The molecule has 0 saturated carbocycles. The van der Waals surface area contributed by atoms with Crippen LogP contribution in [-0.4, -0.2) is 9.97 Å². The summed E-state index contributed by atoms with van der Waals surface area (Å²) in [7, 11) is 0. The minimum absolute atomic E-state index is 0.548. The molecule has 0 fully saturated rings. The molecule has 0 aliphatic rings. The Morgan fingerprint density at radius 1 is 1.14 bits per heavy atom. The Bertz CT molecular complexity index is 718. The number of hydrogen-bond acceptors (Lipinski definition) is 5. The van der Waals surface area contributed by atoms with Crippen LogP contribution in [0.25, 0.3) is 0 Å². The van der Waals surface area contributed by atoms with Gasteiger partial charge in [-0.2, -0.15) is 0 Å². The van der Waals surface area contributed by atoms with Gasteiger partial charge in [-0.1, -0.05) is 23.7 Å². The normalized spacial score (nSPS) is 10.3. The number of anilines is 1. The lowest BCUT2D eigenvalue weighted by Crippen LogP contribution is -1.99. The molecular weight excluding hydrogens is 306 g/mol. The summed E-state index contributed by atoms with van der Waals surface area (Å²) in [5.41, 5.74) is 0.908. The molecule has 0 spiro atoms. The molecule has 0 amide bonds. The van der Waals surface area contributed by atoms with Gasteiger partial charge >= 0.3 is 0 Å². The monoisotopic (exact) mass is 317 g/mol. The molecule has 21 heavy (non-hydrogen) atoms. The third-order valence-electron chi connectivity index (χ3n) is 2.73. The molecule has 2 aromatic heterocycles. The fourth-order valence-electron chi connectivity index (χ4n) is 1.78. The van der Waals surface area contributed by atoms with Crippen LogP contribution in [-0.2, 0) is 6.54 Å². The maximum absolute atomic E-state index is 5.84. The van der Waals surface area contributed by atoms with Crippen molar-refractivity contribution in [2.24, 2.45) is 0 Å². The van der Waals surface area contributed by atoms with Crippen molar-refractivity contribution in [3.63, 3.8) is 0 Å². The zero-order valence-electron chi connectivity index (χ0n) is 11.0. The molecule has 0 aliphatic carbocycles. The lowest BCUT2D eigenvalue weighted by molar-refractivity contribution is 0.482. The van der Waals surface area contributed by atoms with Gasteiger partial charge in [0.1, 0.15) is 5.75 Å². The van der Waals surface area contributed by atoms with Gasteiger partial charge in [0.15, 0.2) is 10.2 Å². The minimum atomic E-state index is 0.548. The summed E-state index contributed by atoms with van der Waals surface area (Å²) in [4.78, 5) is 9.13. The summed E-state index contributed by atoms with van der Waals surface area (Å²) in [6.45, 7) is 0.651. The van der Waals surface area contributed by atoms with Gasteiger partial charge in [-0.15, -0.1) is 11.3 Å². The second-order valence-electron chi connectivity index (χ2n) is 4.22. The first-order valence-electron chi connectivity index (χ1n) is 6.32. The van der Waals surface area contributed by atoms with E-state index < -0.39 is 0 Å². The van der Waals surface area contributed by atoms with Crippen LogP contribution in [0.1, 0.15) is 4.88 Å². The third-order valence-corrected chi connectivity index (χ3v) is 3.84. The van der Waals surface area contributed by atoms with E-state index in [2.05, 4.69) is 15.3 Å². The summed E-state index contributed by atoms with van der Waals surface area (Å²) in [5, 5.41) is 3.33. The SMILES string of the molecule is Clc1ncc(CNc2ccccc2Oc2cccnc2)s1. The first kappa shape index (κ1) is 13.9. The summed E-state index contributed by atoms with van der Waals surface area (Å²) >= 11 is 7.29. The molecule has 1 N–H and O–H groups in total. The van der Waals surface area contributed by atoms with Gasteiger partial charge in [0, 0.05) is 17.3 Å². The summed E-state index contributed by atoms with van der Waals surface area (Å²) in [6.07, 6.45) is 5.16. The highest BCUT2D eigenvalue weighted by Crippen LogP contribution is 2.29. The molecular formula is C15H12ClN3OS. The summed E-state index contributed by atoms with van der Waals surface area (Å²) in [5.74, 6) is 1.45. The van der Waals surface area contributed by atoms with E-state index in [4.69, 9.17) is 16.3 Å². The number of nitrogens with one attached hydrogen (secondary N) is 1. The van der Waals surface area contributed by atoms with Crippen molar-refractivity contribution in [2.45, 2.75) is 6.54 Å². The van der Waals surface area contributed by atoms with Crippen LogP contribution in [0.2, 0.25) is 4.47 Å². The zero-order valence-corrected chi connectivity index (χ0v) is 12.6. The van der Waals surface area contributed by atoms with E-state index in [-0.39, 0.29) is 0 Å². The molecule has 6 heteroatoms. The Morgan fingerprint density at radius 2 is 2.05 bits per heavy atom. The van der Waals surface area contributed by atoms with Crippen LogP contribution in [0.15, 0.2) is 55.0 Å². The molecule has 2 heterocycles. The number of rotatable bonds is 5. The van der Waals surface area contributed by atoms with Gasteiger partial charge in [0.2, 0.25) is 0 Å². The first-order chi connectivity index (χ1) is 10.3. The summed E-state index contributed by atoms with van der Waals surface area (Å²) < 4.78 is 6.39. The molecule has 0 unspecified atom stereocenters. The van der Waals surface area contributed by atoms with Gasteiger partial charge in [0.25, 0.3) is 0 Å². The van der Waals surface area contributed by atoms with Gasteiger partial charge in [-0.25, -0.2) is 4.98 Å².